The van der Waals surface area contributed by atoms with Crippen LogP contribution in [0, 0.1) is 0 Å². The van der Waals surface area contributed by atoms with Crippen molar-refractivity contribution in [2.45, 2.75) is 31.8 Å². The Labute approximate surface area is 215 Å². The predicted molar refractivity (Wildman–Crippen MR) is 135 cm³/mol. The molecule has 2 rings (SSSR count). The second kappa shape index (κ2) is 11.5. The molecule has 2 N–H and O–H groups in total. The summed E-state index contributed by atoms with van der Waals surface area (Å²) in [6.07, 6.45) is 0.981. The van der Waals surface area contributed by atoms with Gasteiger partial charge in [0.1, 0.15) is 24.6 Å². The van der Waals surface area contributed by atoms with Crippen molar-refractivity contribution < 1.29 is 27.8 Å². The molecule has 1 unspecified atom stereocenters. The Balaban J connectivity index is 2.11. The number of ether oxygens (including phenoxy) is 2. The van der Waals surface area contributed by atoms with Crippen molar-refractivity contribution in [3.05, 3.63) is 57.6 Å². The van der Waals surface area contributed by atoms with Gasteiger partial charge >= 0.3 is 0 Å². The van der Waals surface area contributed by atoms with Crippen molar-refractivity contribution in [1.29, 1.82) is 0 Å². The third-order valence-corrected chi connectivity index (χ3v) is 6.85. The number of sulfonamides is 1. The minimum absolute atomic E-state index is 0.00123. The van der Waals surface area contributed by atoms with Crippen molar-refractivity contribution in [3.63, 3.8) is 0 Å². The minimum atomic E-state index is -3.44. The first-order chi connectivity index (χ1) is 15.6. The molecule has 11 heteroatoms. The number of rotatable bonds is 12. The Morgan fingerprint density at radius 3 is 2.09 bits per heavy atom. The van der Waals surface area contributed by atoms with Gasteiger partial charge in [0, 0.05) is 5.41 Å². The molecule has 0 aliphatic carbocycles. The maximum atomic E-state index is 11.8. The van der Waals surface area contributed by atoms with Crippen LogP contribution < -0.4 is 14.2 Å². The molecule has 0 aliphatic rings. The van der Waals surface area contributed by atoms with Crippen LogP contribution in [0.1, 0.15) is 31.9 Å². The van der Waals surface area contributed by atoms with Crippen LogP contribution in [0.5, 0.6) is 11.5 Å². The summed E-state index contributed by atoms with van der Waals surface area (Å²) in [5, 5.41) is 10.7. The minimum Gasteiger partial charge on any atom is -0.487 e. The monoisotopic (exact) mass is 551 g/mol. The van der Waals surface area contributed by atoms with E-state index in [9.17, 15) is 18.3 Å². The molecular formula is C23H28Cl3NO6S. The Kier molecular flexibility index (Phi) is 9.67. The number of nitrogens with one attached hydrogen (secondary N) is 1. The quantitative estimate of drug-likeness (QED) is 0.383. The van der Waals surface area contributed by atoms with Gasteiger partial charge in [-0.25, -0.2) is 13.1 Å². The summed E-state index contributed by atoms with van der Waals surface area (Å²) in [4.78, 5) is 11.8. The van der Waals surface area contributed by atoms with E-state index in [1.807, 2.05) is 26.0 Å². The standard InChI is InChI=1S/C23H28Cl3NO6S/c1-22(2,16-9-19(25)21(20(26)10-16)33-14-23(3,29)13-24)15-5-7-18(8-6-15)32-12-17(28)11-27-34(4,30)31/h5-10,27,29H,11-14H2,1-4H3. The zero-order chi connectivity index (χ0) is 25.7. The summed E-state index contributed by atoms with van der Waals surface area (Å²) in [5.74, 6) is 0.345. The molecule has 7 nitrogen and oxygen atoms in total. The van der Waals surface area contributed by atoms with Gasteiger partial charge in [-0.05, 0) is 42.3 Å². The SMILES string of the molecule is CC(O)(CCl)COc1c(Cl)cc(C(C)(C)c2ccc(OCC(=O)CNS(C)(=O)=O)cc2)cc1Cl. The van der Waals surface area contributed by atoms with Gasteiger partial charge in [0.25, 0.3) is 0 Å². The summed E-state index contributed by atoms with van der Waals surface area (Å²) in [7, 11) is -3.44. The molecule has 2 aromatic carbocycles. The van der Waals surface area contributed by atoms with Gasteiger partial charge in [0.2, 0.25) is 10.0 Å². The fourth-order valence-electron chi connectivity index (χ4n) is 2.89. The summed E-state index contributed by atoms with van der Waals surface area (Å²) in [6, 6.07) is 10.7. The van der Waals surface area contributed by atoms with Gasteiger partial charge in [-0.15, -0.1) is 11.6 Å². The number of hydrogen-bond donors (Lipinski definition) is 2. The van der Waals surface area contributed by atoms with Crippen molar-refractivity contribution in [2.75, 3.05) is 31.9 Å². The van der Waals surface area contributed by atoms with Crippen molar-refractivity contribution in [1.82, 2.24) is 4.72 Å². The molecule has 0 aromatic heterocycles. The molecule has 0 bridgehead atoms. The number of hydrogen-bond acceptors (Lipinski definition) is 6. The number of aliphatic hydroxyl groups is 1. The molecule has 0 aliphatic heterocycles. The van der Waals surface area contributed by atoms with Crippen LogP contribution in [0.15, 0.2) is 36.4 Å². The lowest BCUT2D eigenvalue weighted by atomic mass is 9.78. The van der Waals surface area contributed by atoms with Crippen LogP contribution >= 0.6 is 34.8 Å². The number of carbonyl (C=O) groups is 1. The van der Waals surface area contributed by atoms with Crippen molar-refractivity contribution >= 4 is 50.6 Å². The predicted octanol–water partition coefficient (Wildman–Crippen LogP) is 4.19. The van der Waals surface area contributed by atoms with Crippen LogP contribution in [-0.2, 0) is 20.2 Å². The van der Waals surface area contributed by atoms with Gasteiger partial charge in [-0.3, -0.25) is 4.79 Å². The van der Waals surface area contributed by atoms with E-state index in [4.69, 9.17) is 44.3 Å². The summed E-state index contributed by atoms with van der Waals surface area (Å²) in [6.45, 7) is 4.92. The molecule has 0 spiro atoms. The molecule has 188 valence electrons. The average Bonchev–Trinajstić information content (AvgIpc) is 2.75. The van der Waals surface area contributed by atoms with E-state index in [1.165, 1.54) is 0 Å². The maximum Gasteiger partial charge on any atom is 0.209 e. The topological polar surface area (TPSA) is 102 Å². The van der Waals surface area contributed by atoms with Crippen LogP contribution in [0.3, 0.4) is 0 Å². The Morgan fingerprint density at radius 2 is 1.59 bits per heavy atom. The smallest absolute Gasteiger partial charge is 0.209 e. The fraction of sp³-hybridized carbons (Fsp3) is 0.435. The van der Waals surface area contributed by atoms with E-state index < -0.39 is 26.8 Å². The average molecular weight is 553 g/mol. The van der Waals surface area contributed by atoms with Gasteiger partial charge in [-0.1, -0.05) is 49.2 Å². The number of ketones is 1. The van der Waals surface area contributed by atoms with E-state index in [0.717, 1.165) is 17.4 Å². The third kappa shape index (κ3) is 8.29. The van der Waals surface area contributed by atoms with Crippen LogP contribution in [-0.4, -0.2) is 56.8 Å². The van der Waals surface area contributed by atoms with E-state index in [1.54, 1.807) is 31.2 Å². The zero-order valence-electron chi connectivity index (χ0n) is 19.3. The summed E-state index contributed by atoms with van der Waals surface area (Å²) in [5.41, 5.74) is 0.0804. The van der Waals surface area contributed by atoms with E-state index >= 15 is 0 Å². The molecular weight excluding hydrogens is 525 g/mol. The molecule has 0 saturated heterocycles. The van der Waals surface area contributed by atoms with Crippen molar-refractivity contribution in [2.24, 2.45) is 0 Å². The van der Waals surface area contributed by atoms with Gasteiger partial charge in [-0.2, -0.15) is 0 Å². The second-order valence-electron chi connectivity index (χ2n) is 8.76. The Hall–Kier alpha value is -1.55. The van der Waals surface area contributed by atoms with Crippen LogP contribution in [0.4, 0.5) is 0 Å². The highest BCUT2D eigenvalue weighted by Gasteiger charge is 2.27. The van der Waals surface area contributed by atoms with Gasteiger partial charge < -0.3 is 14.6 Å². The fourth-order valence-corrected chi connectivity index (χ4v) is 3.98. The molecule has 0 amide bonds. The lowest BCUT2D eigenvalue weighted by molar-refractivity contribution is -0.119. The molecule has 0 radical (unpaired) electrons. The van der Waals surface area contributed by atoms with E-state index in [0.29, 0.717) is 15.8 Å². The summed E-state index contributed by atoms with van der Waals surface area (Å²) < 4.78 is 35.3. The highest BCUT2D eigenvalue weighted by atomic mass is 35.5. The number of Topliss-reactive ketones (excluding diaryl/α,β-unsaturated/α-hetero) is 1. The third-order valence-electron chi connectivity index (χ3n) is 5.04. The highest BCUT2D eigenvalue weighted by molar-refractivity contribution is 7.88. The zero-order valence-corrected chi connectivity index (χ0v) is 22.4. The normalized spacial score (nSPS) is 13.9. The first-order valence-corrected chi connectivity index (χ1v) is 13.4. The molecule has 1 atom stereocenters. The van der Waals surface area contributed by atoms with Gasteiger partial charge in [0.15, 0.2) is 11.5 Å². The lowest BCUT2D eigenvalue weighted by Crippen LogP contribution is -2.34. The Morgan fingerprint density at radius 1 is 1.03 bits per heavy atom. The Bertz CT molecular complexity index is 1100. The second-order valence-corrected chi connectivity index (χ2v) is 11.7. The number of carbonyl (C=O) groups excluding carboxylic acids is 1. The van der Waals surface area contributed by atoms with Crippen LogP contribution in [0.25, 0.3) is 0 Å². The summed E-state index contributed by atoms with van der Waals surface area (Å²) >= 11 is 18.6. The first kappa shape index (κ1) is 28.7. The number of alkyl halides is 1. The molecule has 2 aromatic rings. The molecule has 0 fully saturated rings. The van der Waals surface area contributed by atoms with E-state index in [2.05, 4.69) is 4.72 Å². The lowest BCUT2D eigenvalue weighted by Gasteiger charge is -2.28. The van der Waals surface area contributed by atoms with Crippen LogP contribution in [0.2, 0.25) is 10.0 Å². The maximum absolute atomic E-state index is 11.8. The van der Waals surface area contributed by atoms with Gasteiger partial charge in [0.05, 0.1) is 28.7 Å². The molecule has 0 saturated carbocycles. The number of halogens is 3. The highest BCUT2D eigenvalue weighted by Crippen LogP contribution is 2.41. The first-order valence-electron chi connectivity index (χ1n) is 10.2. The molecule has 0 heterocycles. The van der Waals surface area contributed by atoms with E-state index in [-0.39, 0.29) is 31.4 Å². The van der Waals surface area contributed by atoms with Crippen molar-refractivity contribution in [3.8, 4) is 11.5 Å². The molecule has 34 heavy (non-hydrogen) atoms. The largest absolute Gasteiger partial charge is 0.487 e. The number of benzene rings is 2.